The molecule has 1 heteroatoms. The Morgan fingerprint density at radius 2 is 2.13 bits per heavy atom. The van der Waals surface area contributed by atoms with Crippen LogP contribution < -0.4 is 0 Å². The molecule has 1 atom stereocenters. The molecular formula is C14H20O. The smallest absolute Gasteiger partial charge is 0.0866 e. The third kappa shape index (κ3) is 2.07. The first-order valence-electron chi connectivity index (χ1n) is 5.96. The maximum atomic E-state index is 10.2. The normalized spacial score (nSPS) is 20.7. The van der Waals surface area contributed by atoms with Crippen molar-refractivity contribution in [1.82, 2.24) is 0 Å². The zero-order valence-electron chi connectivity index (χ0n) is 9.66. The van der Waals surface area contributed by atoms with Gasteiger partial charge < -0.3 is 5.11 Å². The lowest BCUT2D eigenvalue weighted by Crippen LogP contribution is -2.20. The molecule has 1 nitrogen and oxygen atoms in total. The third-order valence-corrected chi connectivity index (χ3v) is 3.77. The molecule has 15 heavy (non-hydrogen) atoms. The first-order chi connectivity index (χ1) is 7.13. The van der Waals surface area contributed by atoms with Gasteiger partial charge in [-0.3, -0.25) is 0 Å². The molecule has 0 heterocycles. The van der Waals surface area contributed by atoms with Crippen molar-refractivity contribution in [2.24, 2.45) is 0 Å². The van der Waals surface area contributed by atoms with Crippen molar-refractivity contribution in [2.45, 2.75) is 51.0 Å². The number of rotatable bonds is 3. The van der Waals surface area contributed by atoms with Crippen LogP contribution in [0, 0.1) is 0 Å². The monoisotopic (exact) mass is 204 g/mol. The Morgan fingerprint density at radius 1 is 1.40 bits per heavy atom. The number of benzene rings is 1. The summed E-state index contributed by atoms with van der Waals surface area (Å²) < 4.78 is 0. The molecule has 82 valence electrons. The van der Waals surface area contributed by atoms with Crippen LogP contribution in [0.1, 0.15) is 56.6 Å². The van der Waals surface area contributed by atoms with E-state index < -0.39 is 5.60 Å². The molecule has 0 bridgehead atoms. The van der Waals surface area contributed by atoms with Crippen LogP contribution in [-0.4, -0.2) is 5.11 Å². The van der Waals surface area contributed by atoms with Gasteiger partial charge in [-0.25, -0.2) is 0 Å². The second kappa shape index (κ2) is 3.97. The number of aliphatic hydroxyl groups is 1. The van der Waals surface area contributed by atoms with E-state index in [1.165, 1.54) is 24.8 Å². The highest BCUT2D eigenvalue weighted by Gasteiger charge is 2.24. The topological polar surface area (TPSA) is 20.2 Å². The summed E-state index contributed by atoms with van der Waals surface area (Å²) in [7, 11) is 0. The first-order valence-corrected chi connectivity index (χ1v) is 5.96. The van der Waals surface area contributed by atoms with Gasteiger partial charge in [-0.05, 0) is 43.2 Å². The predicted octanol–water partition coefficient (Wildman–Crippen LogP) is 3.57. The molecule has 0 radical (unpaired) electrons. The standard InChI is InChI=1S/C14H20O/c1-3-14(2,15)13-9-5-8-12(10-13)11-6-4-7-11/h5,8-11,15H,3-4,6-7H2,1-2H3. The quantitative estimate of drug-likeness (QED) is 0.798. The van der Waals surface area contributed by atoms with Crippen LogP contribution >= 0.6 is 0 Å². The van der Waals surface area contributed by atoms with Gasteiger partial charge in [-0.2, -0.15) is 0 Å². The van der Waals surface area contributed by atoms with Gasteiger partial charge in [-0.15, -0.1) is 0 Å². The van der Waals surface area contributed by atoms with Crippen LogP contribution in [0.15, 0.2) is 24.3 Å². The van der Waals surface area contributed by atoms with E-state index in [1.54, 1.807) is 0 Å². The van der Waals surface area contributed by atoms with Gasteiger partial charge in [0.2, 0.25) is 0 Å². The van der Waals surface area contributed by atoms with E-state index in [0.717, 1.165) is 17.9 Å². The van der Waals surface area contributed by atoms with Crippen molar-refractivity contribution in [3.63, 3.8) is 0 Å². The fourth-order valence-corrected chi connectivity index (χ4v) is 2.07. The Labute approximate surface area is 92.1 Å². The molecule has 1 N–H and O–H groups in total. The van der Waals surface area contributed by atoms with Crippen LogP contribution in [0.3, 0.4) is 0 Å². The second-order valence-corrected chi connectivity index (χ2v) is 4.88. The van der Waals surface area contributed by atoms with Crippen LogP contribution in [0.25, 0.3) is 0 Å². The Kier molecular flexibility index (Phi) is 2.83. The molecule has 0 spiro atoms. The van der Waals surface area contributed by atoms with Crippen molar-refractivity contribution >= 4 is 0 Å². The molecule has 1 aliphatic rings. The number of hydrogen-bond donors (Lipinski definition) is 1. The van der Waals surface area contributed by atoms with Crippen LogP contribution in [0.5, 0.6) is 0 Å². The average molecular weight is 204 g/mol. The van der Waals surface area contributed by atoms with Gasteiger partial charge in [0.15, 0.2) is 0 Å². The van der Waals surface area contributed by atoms with Gasteiger partial charge >= 0.3 is 0 Å². The predicted molar refractivity (Wildman–Crippen MR) is 62.9 cm³/mol. The van der Waals surface area contributed by atoms with Gasteiger partial charge in [-0.1, -0.05) is 37.6 Å². The minimum Gasteiger partial charge on any atom is -0.385 e. The molecule has 1 fully saturated rings. The summed E-state index contributed by atoms with van der Waals surface area (Å²) in [6.45, 7) is 3.92. The van der Waals surface area contributed by atoms with E-state index in [2.05, 4.69) is 18.2 Å². The van der Waals surface area contributed by atoms with E-state index in [4.69, 9.17) is 0 Å². The molecule has 2 rings (SSSR count). The van der Waals surface area contributed by atoms with E-state index in [0.29, 0.717) is 0 Å². The first kappa shape index (κ1) is 10.7. The van der Waals surface area contributed by atoms with Gasteiger partial charge in [0, 0.05) is 0 Å². The molecule has 0 amide bonds. The highest BCUT2D eigenvalue weighted by molar-refractivity contribution is 5.30. The SMILES string of the molecule is CCC(C)(O)c1cccc(C2CCC2)c1. The molecule has 1 aromatic carbocycles. The third-order valence-electron chi connectivity index (χ3n) is 3.77. The van der Waals surface area contributed by atoms with E-state index >= 15 is 0 Å². The van der Waals surface area contributed by atoms with Gasteiger partial charge in [0.1, 0.15) is 0 Å². The highest BCUT2D eigenvalue weighted by Crippen LogP contribution is 2.37. The summed E-state index contributed by atoms with van der Waals surface area (Å²) >= 11 is 0. The van der Waals surface area contributed by atoms with E-state index in [-0.39, 0.29) is 0 Å². The van der Waals surface area contributed by atoms with E-state index in [1.807, 2.05) is 19.9 Å². The maximum absolute atomic E-state index is 10.2. The Bertz CT molecular complexity index is 337. The van der Waals surface area contributed by atoms with Crippen LogP contribution in [-0.2, 0) is 5.60 Å². The van der Waals surface area contributed by atoms with Crippen LogP contribution in [0.4, 0.5) is 0 Å². The lowest BCUT2D eigenvalue weighted by atomic mass is 9.78. The lowest BCUT2D eigenvalue weighted by Gasteiger charge is -2.28. The minimum absolute atomic E-state index is 0.667. The molecule has 1 aliphatic carbocycles. The molecular weight excluding hydrogens is 184 g/mol. The Morgan fingerprint density at radius 3 is 2.67 bits per heavy atom. The van der Waals surface area contributed by atoms with Gasteiger partial charge in [0.25, 0.3) is 0 Å². The average Bonchev–Trinajstić information content (AvgIpc) is 2.16. The van der Waals surface area contributed by atoms with Gasteiger partial charge in [0.05, 0.1) is 5.60 Å². The Balaban J connectivity index is 2.25. The molecule has 1 unspecified atom stereocenters. The summed E-state index contributed by atoms with van der Waals surface area (Å²) in [6, 6.07) is 8.49. The minimum atomic E-state index is -0.667. The highest BCUT2D eigenvalue weighted by atomic mass is 16.3. The number of hydrogen-bond acceptors (Lipinski definition) is 1. The second-order valence-electron chi connectivity index (χ2n) is 4.88. The summed E-state index contributed by atoms with van der Waals surface area (Å²) in [4.78, 5) is 0. The van der Waals surface area contributed by atoms with E-state index in [9.17, 15) is 5.11 Å². The molecule has 1 aromatic rings. The van der Waals surface area contributed by atoms with Crippen molar-refractivity contribution in [2.75, 3.05) is 0 Å². The Hall–Kier alpha value is -0.820. The lowest BCUT2D eigenvalue weighted by molar-refractivity contribution is 0.0529. The van der Waals surface area contributed by atoms with Crippen LogP contribution in [0.2, 0.25) is 0 Å². The molecule has 0 saturated heterocycles. The summed E-state index contributed by atoms with van der Waals surface area (Å²) in [6.07, 6.45) is 4.76. The fourth-order valence-electron chi connectivity index (χ4n) is 2.07. The zero-order valence-corrected chi connectivity index (χ0v) is 9.66. The largest absolute Gasteiger partial charge is 0.385 e. The maximum Gasteiger partial charge on any atom is 0.0866 e. The van der Waals surface area contributed by atoms with Crippen molar-refractivity contribution in [1.29, 1.82) is 0 Å². The van der Waals surface area contributed by atoms with Crippen molar-refractivity contribution < 1.29 is 5.11 Å². The molecule has 0 aliphatic heterocycles. The molecule has 0 aromatic heterocycles. The van der Waals surface area contributed by atoms with Crippen molar-refractivity contribution in [3.8, 4) is 0 Å². The fraction of sp³-hybridized carbons (Fsp3) is 0.571. The van der Waals surface area contributed by atoms with Crippen molar-refractivity contribution in [3.05, 3.63) is 35.4 Å². The summed E-state index contributed by atoms with van der Waals surface area (Å²) in [5.74, 6) is 0.748. The summed E-state index contributed by atoms with van der Waals surface area (Å²) in [5, 5.41) is 10.2. The molecule has 1 saturated carbocycles. The zero-order chi connectivity index (χ0) is 10.9. The summed E-state index contributed by atoms with van der Waals surface area (Å²) in [5.41, 5.74) is 1.81.